The molecule has 0 aliphatic rings. The van der Waals surface area contributed by atoms with E-state index in [-0.39, 0.29) is 0 Å². The Hall–Kier alpha value is -1.34. The minimum absolute atomic E-state index is 0.553. The van der Waals surface area contributed by atoms with Crippen molar-refractivity contribution in [1.29, 1.82) is 0 Å². The van der Waals surface area contributed by atoms with Gasteiger partial charge in [-0.1, -0.05) is 5.92 Å². The molecular weight excluding hydrogens is 154 g/mol. The Morgan fingerprint density at radius 2 is 2.25 bits per heavy atom. The van der Waals surface area contributed by atoms with Gasteiger partial charge >= 0.3 is 0 Å². The van der Waals surface area contributed by atoms with Crippen molar-refractivity contribution in [3.8, 4) is 11.8 Å². The molecule has 0 aromatic carbocycles. The second kappa shape index (κ2) is 2.95. The Labute approximate surface area is 71.2 Å². The quantitative estimate of drug-likeness (QED) is 0.548. The number of rotatable bonds is 0. The Kier molecular flexibility index (Phi) is 2.15. The first-order valence-electron chi connectivity index (χ1n) is 3.58. The van der Waals surface area contributed by atoms with E-state index in [1.54, 1.807) is 25.6 Å². The van der Waals surface area contributed by atoms with E-state index in [4.69, 9.17) is 0 Å². The number of nitrogens with zero attached hydrogens (tertiary/aromatic N) is 3. The van der Waals surface area contributed by atoms with Gasteiger partial charge in [-0.3, -0.25) is 0 Å². The summed E-state index contributed by atoms with van der Waals surface area (Å²) >= 11 is 0. The number of aryl methyl sites for hydroxylation is 1. The molecule has 0 radical (unpaired) electrons. The molecule has 1 N–H and O–H groups in total. The molecule has 0 saturated heterocycles. The molecule has 0 atom stereocenters. The fourth-order valence-electron chi connectivity index (χ4n) is 0.618. The van der Waals surface area contributed by atoms with E-state index in [0.29, 0.717) is 5.82 Å². The average molecular weight is 165 g/mol. The highest BCUT2D eigenvalue weighted by atomic mass is 16.3. The molecule has 0 aliphatic carbocycles. The highest BCUT2D eigenvalue weighted by Gasteiger charge is 2.06. The van der Waals surface area contributed by atoms with Gasteiger partial charge in [0.25, 0.3) is 0 Å². The Balaban J connectivity index is 2.87. The van der Waals surface area contributed by atoms with Crippen LogP contribution in [0, 0.1) is 11.8 Å². The van der Waals surface area contributed by atoms with Gasteiger partial charge in [-0.15, -0.1) is 0 Å². The summed E-state index contributed by atoms with van der Waals surface area (Å²) in [6, 6.07) is 0. The number of aliphatic hydroxyl groups is 1. The van der Waals surface area contributed by atoms with E-state index in [0.717, 1.165) is 0 Å². The lowest BCUT2D eigenvalue weighted by Crippen LogP contribution is -2.14. The van der Waals surface area contributed by atoms with E-state index in [9.17, 15) is 5.11 Å². The van der Waals surface area contributed by atoms with Crippen LogP contribution in [0.1, 0.15) is 19.7 Å². The van der Waals surface area contributed by atoms with E-state index >= 15 is 0 Å². The van der Waals surface area contributed by atoms with Crippen LogP contribution in [0.25, 0.3) is 0 Å². The summed E-state index contributed by atoms with van der Waals surface area (Å²) in [4.78, 5) is 3.89. The fourth-order valence-corrected chi connectivity index (χ4v) is 0.618. The highest BCUT2D eigenvalue weighted by Crippen LogP contribution is 1.97. The average Bonchev–Trinajstić information content (AvgIpc) is 2.29. The topological polar surface area (TPSA) is 50.9 Å². The minimum atomic E-state index is -0.980. The molecule has 0 unspecified atom stereocenters. The maximum atomic E-state index is 9.28. The maximum absolute atomic E-state index is 9.28. The SMILES string of the molecule is Cn1ncnc1C#CC(C)(C)O. The van der Waals surface area contributed by atoms with Gasteiger partial charge in [0.15, 0.2) is 0 Å². The third kappa shape index (κ3) is 2.36. The summed E-state index contributed by atoms with van der Waals surface area (Å²) < 4.78 is 1.55. The summed E-state index contributed by atoms with van der Waals surface area (Å²) in [6.45, 7) is 3.24. The van der Waals surface area contributed by atoms with Gasteiger partial charge in [0.05, 0.1) is 0 Å². The molecule has 64 valence electrons. The van der Waals surface area contributed by atoms with Crippen molar-refractivity contribution in [2.24, 2.45) is 7.05 Å². The zero-order valence-corrected chi connectivity index (χ0v) is 7.37. The number of aromatic nitrogens is 3. The molecule has 0 spiro atoms. The number of hydrogen-bond donors (Lipinski definition) is 1. The zero-order valence-electron chi connectivity index (χ0n) is 7.37. The molecule has 1 rings (SSSR count). The van der Waals surface area contributed by atoms with Gasteiger partial charge in [0.2, 0.25) is 5.82 Å². The predicted molar refractivity (Wildman–Crippen MR) is 44.2 cm³/mol. The molecule has 4 nitrogen and oxygen atoms in total. The number of hydrogen-bond acceptors (Lipinski definition) is 3. The lowest BCUT2D eigenvalue weighted by molar-refractivity contribution is 0.143. The van der Waals surface area contributed by atoms with Crippen LogP contribution in [0.5, 0.6) is 0 Å². The summed E-state index contributed by atoms with van der Waals surface area (Å²) in [5, 5.41) is 13.1. The van der Waals surface area contributed by atoms with E-state index in [2.05, 4.69) is 21.9 Å². The molecule has 0 amide bonds. The smallest absolute Gasteiger partial charge is 0.203 e. The minimum Gasteiger partial charge on any atom is -0.378 e. The van der Waals surface area contributed by atoms with Gasteiger partial charge < -0.3 is 5.11 Å². The fraction of sp³-hybridized carbons (Fsp3) is 0.500. The summed E-state index contributed by atoms with van der Waals surface area (Å²) in [5.74, 6) is 5.92. The van der Waals surface area contributed by atoms with E-state index in [1.807, 2.05) is 0 Å². The lowest BCUT2D eigenvalue weighted by atomic mass is 10.1. The monoisotopic (exact) mass is 165 g/mol. The Morgan fingerprint density at radius 3 is 2.67 bits per heavy atom. The van der Waals surface area contributed by atoms with Gasteiger partial charge in [0.1, 0.15) is 11.9 Å². The van der Waals surface area contributed by atoms with Crippen molar-refractivity contribution >= 4 is 0 Å². The largest absolute Gasteiger partial charge is 0.378 e. The molecule has 1 heterocycles. The van der Waals surface area contributed by atoms with Crippen LogP contribution in [0.4, 0.5) is 0 Å². The predicted octanol–water partition coefficient (Wildman–Crippen LogP) is -0.0625. The third-order valence-corrected chi connectivity index (χ3v) is 1.19. The lowest BCUT2D eigenvalue weighted by Gasteiger charge is -2.05. The van der Waals surface area contributed by atoms with Crippen molar-refractivity contribution in [2.45, 2.75) is 19.4 Å². The van der Waals surface area contributed by atoms with Crippen LogP contribution in [-0.4, -0.2) is 25.5 Å². The summed E-state index contributed by atoms with van der Waals surface area (Å²) in [6.07, 6.45) is 1.42. The van der Waals surface area contributed by atoms with Crippen LogP contribution >= 0.6 is 0 Å². The first kappa shape index (κ1) is 8.75. The molecule has 1 aromatic rings. The van der Waals surface area contributed by atoms with Gasteiger partial charge in [-0.2, -0.15) is 5.10 Å². The molecule has 1 aromatic heterocycles. The maximum Gasteiger partial charge on any atom is 0.203 e. The third-order valence-electron chi connectivity index (χ3n) is 1.19. The van der Waals surface area contributed by atoms with E-state index in [1.165, 1.54) is 6.33 Å². The van der Waals surface area contributed by atoms with Crippen LogP contribution in [0.3, 0.4) is 0 Å². The first-order valence-corrected chi connectivity index (χ1v) is 3.58. The highest BCUT2D eigenvalue weighted by molar-refractivity contribution is 5.23. The van der Waals surface area contributed by atoms with Crippen molar-refractivity contribution < 1.29 is 5.11 Å². The Bertz CT molecular complexity index is 324. The molecule has 0 aliphatic heterocycles. The summed E-state index contributed by atoms with van der Waals surface area (Å²) in [5.41, 5.74) is -0.980. The summed E-state index contributed by atoms with van der Waals surface area (Å²) in [7, 11) is 1.75. The van der Waals surface area contributed by atoms with Crippen LogP contribution in [0.15, 0.2) is 6.33 Å². The zero-order chi connectivity index (χ0) is 9.19. The molecule has 12 heavy (non-hydrogen) atoms. The second-order valence-corrected chi connectivity index (χ2v) is 3.02. The van der Waals surface area contributed by atoms with E-state index < -0.39 is 5.60 Å². The van der Waals surface area contributed by atoms with Gasteiger partial charge in [-0.25, -0.2) is 9.67 Å². The second-order valence-electron chi connectivity index (χ2n) is 3.02. The molecular formula is C8H11N3O. The molecule has 0 saturated carbocycles. The van der Waals surface area contributed by atoms with Crippen LogP contribution in [-0.2, 0) is 7.05 Å². The van der Waals surface area contributed by atoms with Crippen molar-refractivity contribution in [2.75, 3.05) is 0 Å². The first-order chi connectivity index (χ1) is 5.49. The van der Waals surface area contributed by atoms with Crippen molar-refractivity contribution in [3.63, 3.8) is 0 Å². The van der Waals surface area contributed by atoms with Crippen molar-refractivity contribution in [3.05, 3.63) is 12.2 Å². The Morgan fingerprint density at radius 1 is 1.58 bits per heavy atom. The molecule has 4 heteroatoms. The van der Waals surface area contributed by atoms with Crippen molar-refractivity contribution in [1.82, 2.24) is 14.8 Å². The standard InChI is InChI=1S/C8H11N3O/c1-8(2,12)5-4-7-9-6-10-11(7)3/h6,12H,1-3H3. The van der Waals surface area contributed by atoms with Gasteiger partial charge in [-0.05, 0) is 19.8 Å². The molecule has 0 bridgehead atoms. The van der Waals surface area contributed by atoms with Crippen LogP contribution < -0.4 is 0 Å². The van der Waals surface area contributed by atoms with Gasteiger partial charge in [0, 0.05) is 7.05 Å². The normalized spacial score (nSPS) is 10.7. The van der Waals surface area contributed by atoms with Crippen LogP contribution in [0.2, 0.25) is 0 Å². The molecule has 0 fully saturated rings.